The van der Waals surface area contributed by atoms with Gasteiger partial charge in [0.2, 0.25) is 0 Å². The molecule has 3 nitrogen and oxygen atoms in total. The van der Waals surface area contributed by atoms with Crippen molar-refractivity contribution in [2.24, 2.45) is 0 Å². The van der Waals surface area contributed by atoms with E-state index in [1.807, 2.05) is 12.1 Å². The lowest BCUT2D eigenvalue weighted by atomic mass is 9.84. The topological polar surface area (TPSA) is 37.4 Å². The van der Waals surface area contributed by atoms with E-state index in [2.05, 4.69) is 25.7 Å². The van der Waals surface area contributed by atoms with Gasteiger partial charge in [0, 0.05) is 40.5 Å². The van der Waals surface area contributed by atoms with Crippen LogP contribution in [-0.4, -0.2) is 24.2 Å². The minimum atomic E-state index is -0.0654. The Balaban J connectivity index is 2.14. The summed E-state index contributed by atoms with van der Waals surface area (Å²) in [5.41, 5.74) is 3.01. The van der Waals surface area contributed by atoms with Gasteiger partial charge in [0.1, 0.15) is 0 Å². The first kappa shape index (κ1) is 14.5. The zero-order valence-corrected chi connectivity index (χ0v) is 13.1. The molecule has 0 unspecified atom stereocenters. The molecule has 3 rings (SSSR count). The van der Waals surface area contributed by atoms with Crippen LogP contribution in [0, 0.1) is 0 Å². The van der Waals surface area contributed by atoms with Crippen LogP contribution in [0.15, 0.2) is 42.5 Å². The highest BCUT2D eigenvalue weighted by atomic mass is 16.1. The second kappa shape index (κ2) is 5.41. The average molecular weight is 293 g/mol. The highest BCUT2D eigenvalue weighted by Gasteiger charge is 2.29. The third-order valence-electron chi connectivity index (χ3n) is 4.20. The molecule has 0 saturated heterocycles. The molecule has 0 fully saturated rings. The van der Waals surface area contributed by atoms with Gasteiger partial charge in [-0.2, -0.15) is 0 Å². The molecule has 2 aromatic carbocycles. The van der Waals surface area contributed by atoms with Crippen LogP contribution < -0.4 is 4.90 Å². The Labute approximate surface area is 130 Å². The normalized spacial score (nSPS) is 13.1. The number of carbonyl (C=O) groups excluding carboxylic acids is 2. The lowest BCUT2D eigenvalue weighted by Gasteiger charge is -2.29. The SMILES string of the molecule is CCN(c1ccc2c(c1)C(=O)c1ccccc1C2=O)C(C)C. The fraction of sp³-hybridized carbons (Fsp3) is 0.263. The number of ketones is 2. The smallest absolute Gasteiger partial charge is 0.194 e. The summed E-state index contributed by atoms with van der Waals surface area (Å²) in [6, 6.07) is 12.9. The molecule has 0 aliphatic heterocycles. The summed E-state index contributed by atoms with van der Waals surface area (Å²) in [6.07, 6.45) is 0. The molecule has 0 bridgehead atoms. The second-order valence-electron chi connectivity index (χ2n) is 5.81. The van der Waals surface area contributed by atoms with Gasteiger partial charge in [-0.05, 0) is 39.0 Å². The Kier molecular flexibility index (Phi) is 3.57. The van der Waals surface area contributed by atoms with Crippen LogP contribution in [0.5, 0.6) is 0 Å². The minimum absolute atomic E-state index is 0.0631. The van der Waals surface area contributed by atoms with Gasteiger partial charge in [0.15, 0.2) is 11.6 Å². The molecular weight excluding hydrogens is 274 g/mol. The number of nitrogens with zero attached hydrogens (tertiary/aromatic N) is 1. The van der Waals surface area contributed by atoms with E-state index in [0.717, 1.165) is 12.2 Å². The van der Waals surface area contributed by atoms with E-state index in [1.54, 1.807) is 30.3 Å². The van der Waals surface area contributed by atoms with E-state index in [-0.39, 0.29) is 11.6 Å². The third-order valence-corrected chi connectivity index (χ3v) is 4.20. The minimum Gasteiger partial charge on any atom is -0.369 e. The molecule has 0 saturated carbocycles. The van der Waals surface area contributed by atoms with E-state index < -0.39 is 0 Å². The van der Waals surface area contributed by atoms with Crippen LogP contribution in [0.3, 0.4) is 0 Å². The zero-order valence-electron chi connectivity index (χ0n) is 13.1. The first-order chi connectivity index (χ1) is 10.5. The van der Waals surface area contributed by atoms with Gasteiger partial charge in [-0.1, -0.05) is 24.3 Å². The Morgan fingerprint density at radius 1 is 0.864 bits per heavy atom. The number of rotatable bonds is 3. The lowest BCUT2D eigenvalue weighted by molar-refractivity contribution is 0.0979. The maximum Gasteiger partial charge on any atom is 0.194 e. The molecule has 2 aromatic rings. The lowest BCUT2D eigenvalue weighted by Crippen LogP contribution is -2.31. The van der Waals surface area contributed by atoms with Gasteiger partial charge < -0.3 is 4.90 Å². The number of anilines is 1. The summed E-state index contributed by atoms with van der Waals surface area (Å²) in [5, 5.41) is 0. The fourth-order valence-corrected chi connectivity index (χ4v) is 3.11. The monoisotopic (exact) mass is 293 g/mol. The first-order valence-corrected chi connectivity index (χ1v) is 7.63. The molecule has 22 heavy (non-hydrogen) atoms. The molecule has 0 atom stereocenters. The molecule has 0 heterocycles. The third kappa shape index (κ3) is 2.13. The van der Waals surface area contributed by atoms with Crippen LogP contribution in [0.25, 0.3) is 0 Å². The Morgan fingerprint density at radius 2 is 1.41 bits per heavy atom. The summed E-state index contributed by atoms with van der Waals surface area (Å²) in [6.45, 7) is 7.17. The molecule has 1 aliphatic carbocycles. The van der Waals surface area contributed by atoms with Crippen molar-refractivity contribution >= 4 is 17.3 Å². The first-order valence-electron chi connectivity index (χ1n) is 7.63. The Morgan fingerprint density at radius 3 is 1.95 bits per heavy atom. The number of carbonyl (C=O) groups is 2. The maximum absolute atomic E-state index is 12.7. The van der Waals surface area contributed by atoms with E-state index in [0.29, 0.717) is 28.3 Å². The summed E-state index contributed by atoms with van der Waals surface area (Å²) in [5.74, 6) is -0.129. The molecule has 3 heteroatoms. The average Bonchev–Trinajstić information content (AvgIpc) is 2.53. The molecule has 1 aliphatic rings. The summed E-state index contributed by atoms with van der Waals surface area (Å²) in [4.78, 5) is 27.5. The zero-order chi connectivity index (χ0) is 15.9. The number of fused-ring (bicyclic) bond motifs is 2. The maximum atomic E-state index is 12.7. The van der Waals surface area contributed by atoms with Crippen molar-refractivity contribution in [3.8, 4) is 0 Å². The molecule has 0 amide bonds. The summed E-state index contributed by atoms with van der Waals surface area (Å²) >= 11 is 0. The standard InChI is InChI=1S/C19H19NO2/c1-4-20(12(2)3)13-9-10-16-17(11-13)19(22)15-8-6-5-7-14(15)18(16)21/h5-12H,4H2,1-3H3. The molecule has 0 spiro atoms. The van der Waals surface area contributed by atoms with Gasteiger partial charge in [-0.25, -0.2) is 0 Å². The molecule has 0 radical (unpaired) electrons. The molecule has 112 valence electrons. The fourth-order valence-electron chi connectivity index (χ4n) is 3.11. The van der Waals surface area contributed by atoms with Crippen LogP contribution in [-0.2, 0) is 0 Å². The van der Waals surface area contributed by atoms with Gasteiger partial charge in [-0.3, -0.25) is 9.59 Å². The van der Waals surface area contributed by atoms with Crippen molar-refractivity contribution in [3.05, 3.63) is 64.7 Å². The summed E-state index contributed by atoms with van der Waals surface area (Å²) in [7, 11) is 0. The summed E-state index contributed by atoms with van der Waals surface area (Å²) < 4.78 is 0. The predicted molar refractivity (Wildman–Crippen MR) is 87.9 cm³/mol. The van der Waals surface area contributed by atoms with Crippen molar-refractivity contribution < 1.29 is 9.59 Å². The number of benzene rings is 2. The largest absolute Gasteiger partial charge is 0.369 e. The van der Waals surface area contributed by atoms with Crippen LogP contribution in [0.1, 0.15) is 52.6 Å². The van der Waals surface area contributed by atoms with E-state index in [4.69, 9.17) is 0 Å². The van der Waals surface area contributed by atoms with Crippen molar-refractivity contribution in [1.82, 2.24) is 0 Å². The van der Waals surface area contributed by atoms with Crippen LogP contribution in [0.4, 0.5) is 5.69 Å². The Hall–Kier alpha value is -2.42. The second-order valence-corrected chi connectivity index (χ2v) is 5.81. The van der Waals surface area contributed by atoms with Crippen molar-refractivity contribution in [3.63, 3.8) is 0 Å². The quantitative estimate of drug-likeness (QED) is 0.739. The molecule has 0 aromatic heterocycles. The van der Waals surface area contributed by atoms with E-state index in [9.17, 15) is 9.59 Å². The number of hydrogen-bond acceptors (Lipinski definition) is 3. The van der Waals surface area contributed by atoms with Crippen LogP contribution in [0.2, 0.25) is 0 Å². The van der Waals surface area contributed by atoms with Crippen molar-refractivity contribution in [2.45, 2.75) is 26.8 Å². The Bertz CT molecular complexity index is 762. The number of hydrogen-bond donors (Lipinski definition) is 0. The van der Waals surface area contributed by atoms with Gasteiger partial charge in [-0.15, -0.1) is 0 Å². The van der Waals surface area contributed by atoms with E-state index in [1.165, 1.54) is 0 Å². The highest BCUT2D eigenvalue weighted by Crippen LogP contribution is 2.30. The molecular formula is C19H19NO2. The highest BCUT2D eigenvalue weighted by molar-refractivity contribution is 6.28. The van der Waals surface area contributed by atoms with E-state index >= 15 is 0 Å². The predicted octanol–water partition coefficient (Wildman–Crippen LogP) is 3.70. The molecule has 0 N–H and O–H groups in total. The van der Waals surface area contributed by atoms with Crippen molar-refractivity contribution in [1.29, 1.82) is 0 Å². The van der Waals surface area contributed by atoms with Gasteiger partial charge in [0.25, 0.3) is 0 Å². The van der Waals surface area contributed by atoms with Gasteiger partial charge in [0.05, 0.1) is 0 Å². The van der Waals surface area contributed by atoms with Crippen LogP contribution >= 0.6 is 0 Å². The van der Waals surface area contributed by atoms with Crippen molar-refractivity contribution in [2.75, 3.05) is 11.4 Å². The van der Waals surface area contributed by atoms with Gasteiger partial charge >= 0.3 is 0 Å².